The molecule has 2 aromatic heterocycles. The number of hydrogen-bond acceptors (Lipinski definition) is 4. The van der Waals surface area contributed by atoms with Gasteiger partial charge in [-0.25, -0.2) is 0 Å². The zero-order valence-electron chi connectivity index (χ0n) is 11.9. The number of amides is 1. The van der Waals surface area contributed by atoms with E-state index in [2.05, 4.69) is 41.4 Å². The first-order chi connectivity index (χ1) is 9.27. The zero-order chi connectivity index (χ0) is 14.9. The lowest BCUT2D eigenvalue weighted by atomic mass is 9.92. The second kappa shape index (κ2) is 5.28. The molecule has 0 saturated carbocycles. The molecule has 0 atom stereocenters. The Morgan fingerprint density at radius 1 is 1.50 bits per heavy atom. The number of halogens is 1. The van der Waals surface area contributed by atoms with Gasteiger partial charge in [0.1, 0.15) is 0 Å². The molecule has 0 aliphatic carbocycles. The summed E-state index contributed by atoms with van der Waals surface area (Å²) in [5.41, 5.74) is 2.11. The second-order valence-electron chi connectivity index (χ2n) is 5.66. The summed E-state index contributed by atoms with van der Waals surface area (Å²) < 4.78 is 4.81. The first kappa shape index (κ1) is 14.6. The SMILES string of the molecule is Cc1noc(Cl)c1CC(=O)Nc1cc(C(C)(C)C)[nH]n1. The molecule has 20 heavy (non-hydrogen) atoms. The Morgan fingerprint density at radius 2 is 2.20 bits per heavy atom. The van der Waals surface area contributed by atoms with Gasteiger partial charge >= 0.3 is 0 Å². The van der Waals surface area contributed by atoms with Crippen LogP contribution in [0.4, 0.5) is 5.82 Å². The normalized spacial score (nSPS) is 11.7. The van der Waals surface area contributed by atoms with Crippen molar-refractivity contribution in [3.63, 3.8) is 0 Å². The maximum absolute atomic E-state index is 12.0. The average Bonchev–Trinajstić information content (AvgIpc) is 2.90. The number of nitrogens with one attached hydrogen (secondary N) is 2. The molecular weight excluding hydrogens is 280 g/mol. The predicted molar refractivity (Wildman–Crippen MR) is 75.9 cm³/mol. The lowest BCUT2D eigenvalue weighted by Gasteiger charge is -2.14. The van der Waals surface area contributed by atoms with Crippen molar-refractivity contribution in [2.45, 2.75) is 39.5 Å². The van der Waals surface area contributed by atoms with Crippen LogP contribution >= 0.6 is 11.6 Å². The molecule has 2 rings (SSSR count). The summed E-state index contributed by atoms with van der Waals surface area (Å²) in [5.74, 6) is 0.273. The monoisotopic (exact) mass is 296 g/mol. The maximum atomic E-state index is 12.0. The van der Waals surface area contributed by atoms with Crippen molar-refractivity contribution >= 4 is 23.3 Å². The Hall–Kier alpha value is -1.82. The van der Waals surface area contributed by atoms with Crippen LogP contribution in [0.2, 0.25) is 5.22 Å². The number of carbonyl (C=O) groups is 1. The first-order valence-corrected chi connectivity index (χ1v) is 6.61. The van der Waals surface area contributed by atoms with Crippen LogP contribution in [-0.2, 0) is 16.6 Å². The highest BCUT2D eigenvalue weighted by Crippen LogP contribution is 2.23. The molecule has 0 aromatic carbocycles. The van der Waals surface area contributed by atoms with E-state index in [-0.39, 0.29) is 23.0 Å². The number of hydrogen-bond donors (Lipinski definition) is 2. The van der Waals surface area contributed by atoms with Crippen LogP contribution in [0.25, 0.3) is 0 Å². The van der Waals surface area contributed by atoms with E-state index < -0.39 is 0 Å². The van der Waals surface area contributed by atoms with Gasteiger partial charge < -0.3 is 9.84 Å². The van der Waals surface area contributed by atoms with Gasteiger partial charge in [0.15, 0.2) is 5.82 Å². The van der Waals surface area contributed by atoms with Crippen molar-refractivity contribution in [2.75, 3.05) is 5.32 Å². The number of rotatable bonds is 3. The summed E-state index contributed by atoms with van der Waals surface area (Å²) in [6.07, 6.45) is 0.103. The molecule has 0 aliphatic heterocycles. The van der Waals surface area contributed by atoms with E-state index in [4.69, 9.17) is 16.1 Å². The Balaban J connectivity index is 2.04. The van der Waals surface area contributed by atoms with Gasteiger partial charge in [-0.3, -0.25) is 9.89 Å². The summed E-state index contributed by atoms with van der Waals surface area (Å²) in [6, 6.07) is 1.82. The van der Waals surface area contributed by atoms with Crippen LogP contribution in [0.1, 0.15) is 37.7 Å². The Labute approximate surface area is 121 Å². The van der Waals surface area contributed by atoms with Crippen LogP contribution < -0.4 is 5.32 Å². The molecule has 2 heterocycles. The number of aromatic amines is 1. The molecule has 7 heteroatoms. The number of carbonyl (C=O) groups excluding carboxylic acids is 1. The molecule has 0 unspecified atom stereocenters. The Kier molecular flexibility index (Phi) is 3.85. The quantitative estimate of drug-likeness (QED) is 0.912. The van der Waals surface area contributed by atoms with Crippen LogP contribution in [-0.4, -0.2) is 21.3 Å². The highest BCUT2D eigenvalue weighted by atomic mass is 35.5. The van der Waals surface area contributed by atoms with Crippen LogP contribution in [0.15, 0.2) is 10.6 Å². The van der Waals surface area contributed by atoms with Crippen molar-refractivity contribution < 1.29 is 9.32 Å². The molecule has 2 N–H and O–H groups in total. The van der Waals surface area contributed by atoms with Crippen molar-refractivity contribution in [3.8, 4) is 0 Å². The number of aromatic nitrogens is 3. The average molecular weight is 297 g/mol. The number of H-pyrrole nitrogens is 1. The van der Waals surface area contributed by atoms with E-state index in [1.165, 1.54) is 0 Å². The molecule has 108 valence electrons. The molecule has 0 bridgehead atoms. The minimum Gasteiger partial charge on any atom is -0.344 e. The van der Waals surface area contributed by atoms with Crippen LogP contribution in [0.5, 0.6) is 0 Å². The van der Waals surface area contributed by atoms with Crippen LogP contribution in [0.3, 0.4) is 0 Å². The highest BCUT2D eigenvalue weighted by molar-refractivity contribution is 6.29. The van der Waals surface area contributed by atoms with Crippen molar-refractivity contribution in [3.05, 3.63) is 28.2 Å². The molecule has 0 fully saturated rings. The lowest BCUT2D eigenvalue weighted by molar-refractivity contribution is -0.115. The van der Waals surface area contributed by atoms with E-state index in [0.29, 0.717) is 17.1 Å². The summed E-state index contributed by atoms with van der Waals surface area (Å²) >= 11 is 5.83. The summed E-state index contributed by atoms with van der Waals surface area (Å²) in [7, 11) is 0. The van der Waals surface area contributed by atoms with Gasteiger partial charge in [0.2, 0.25) is 11.1 Å². The molecule has 0 saturated heterocycles. The highest BCUT2D eigenvalue weighted by Gasteiger charge is 2.19. The topological polar surface area (TPSA) is 83.8 Å². The summed E-state index contributed by atoms with van der Waals surface area (Å²) in [5, 5.41) is 13.5. The van der Waals surface area contributed by atoms with Crippen molar-refractivity contribution in [1.29, 1.82) is 0 Å². The third kappa shape index (κ3) is 3.19. The fraction of sp³-hybridized carbons (Fsp3) is 0.462. The standard InChI is InChI=1S/C13H17ClN4O2/c1-7-8(12(14)20-18-7)5-11(19)15-10-6-9(16-17-10)13(2,3)4/h6H,5H2,1-4H3,(H2,15,16,17,19). The largest absolute Gasteiger partial charge is 0.344 e. The molecular formula is C13H17ClN4O2. The fourth-order valence-corrected chi connectivity index (χ4v) is 1.91. The lowest BCUT2D eigenvalue weighted by Crippen LogP contribution is -2.15. The number of aryl methyl sites for hydroxylation is 1. The Bertz CT molecular complexity index is 605. The summed E-state index contributed by atoms with van der Waals surface area (Å²) in [6.45, 7) is 7.93. The van der Waals surface area contributed by atoms with E-state index >= 15 is 0 Å². The van der Waals surface area contributed by atoms with E-state index in [1.54, 1.807) is 6.92 Å². The fourth-order valence-electron chi connectivity index (χ4n) is 1.68. The minimum atomic E-state index is -0.217. The van der Waals surface area contributed by atoms with E-state index in [1.807, 2.05) is 6.07 Å². The van der Waals surface area contributed by atoms with Gasteiger partial charge in [0.25, 0.3) is 0 Å². The Morgan fingerprint density at radius 3 is 2.70 bits per heavy atom. The van der Waals surface area contributed by atoms with Gasteiger partial charge in [0.05, 0.1) is 12.1 Å². The van der Waals surface area contributed by atoms with Gasteiger partial charge in [-0.2, -0.15) is 5.10 Å². The zero-order valence-corrected chi connectivity index (χ0v) is 12.6. The van der Waals surface area contributed by atoms with Gasteiger partial charge in [-0.05, 0) is 18.5 Å². The molecule has 0 radical (unpaired) electrons. The summed E-state index contributed by atoms with van der Waals surface area (Å²) in [4.78, 5) is 12.0. The van der Waals surface area contributed by atoms with Gasteiger partial charge in [0, 0.05) is 22.7 Å². The maximum Gasteiger partial charge on any atom is 0.230 e. The smallest absolute Gasteiger partial charge is 0.230 e. The number of nitrogens with zero attached hydrogens (tertiary/aromatic N) is 2. The molecule has 0 aliphatic rings. The van der Waals surface area contributed by atoms with Gasteiger partial charge in [-0.1, -0.05) is 25.9 Å². The van der Waals surface area contributed by atoms with Crippen molar-refractivity contribution in [1.82, 2.24) is 15.4 Å². The third-order valence-electron chi connectivity index (χ3n) is 2.93. The second-order valence-corrected chi connectivity index (χ2v) is 6.01. The minimum absolute atomic E-state index is 0.0512. The van der Waals surface area contributed by atoms with E-state index in [0.717, 1.165) is 5.69 Å². The predicted octanol–water partition coefficient (Wildman–Crippen LogP) is 2.84. The van der Waals surface area contributed by atoms with Gasteiger partial charge in [-0.15, -0.1) is 0 Å². The third-order valence-corrected chi connectivity index (χ3v) is 3.22. The number of anilines is 1. The van der Waals surface area contributed by atoms with Crippen molar-refractivity contribution in [2.24, 2.45) is 0 Å². The first-order valence-electron chi connectivity index (χ1n) is 6.24. The molecule has 2 aromatic rings. The molecule has 6 nitrogen and oxygen atoms in total. The molecule has 0 spiro atoms. The van der Waals surface area contributed by atoms with E-state index in [9.17, 15) is 4.79 Å². The molecule has 1 amide bonds. The van der Waals surface area contributed by atoms with Crippen LogP contribution in [0, 0.1) is 6.92 Å².